The second-order valence-electron chi connectivity index (χ2n) is 5.16. The van der Waals surface area contributed by atoms with Crippen LogP contribution in [0.3, 0.4) is 0 Å². The van der Waals surface area contributed by atoms with Gasteiger partial charge in [0.25, 0.3) is 0 Å². The molecule has 1 heterocycles. The second kappa shape index (κ2) is 5.95. The molecule has 120 valence electrons. The fraction of sp³-hybridized carbons (Fsp3) is 0.235. The molecule has 1 N–H and O–H groups in total. The molecule has 0 unspecified atom stereocenters. The summed E-state index contributed by atoms with van der Waals surface area (Å²) >= 11 is 0. The number of rotatable bonds is 4. The molecule has 3 nitrogen and oxygen atoms in total. The SMILES string of the molecule is CCCOc1ccc(C(F)(F)F)cc1-c1nc2ccccc2[nH]1. The molecule has 3 aromatic rings. The molecule has 0 bridgehead atoms. The Morgan fingerprint density at radius 3 is 2.61 bits per heavy atom. The third-order valence-electron chi connectivity index (χ3n) is 3.41. The number of fused-ring (bicyclic) bond motifs is 1. The standard InChI is InChI=1S/C17H15F3N2O/c1-2-9-23-15-8-7-11(17(18,19)20)10-12(15)16-21-13-5-3-4-6-14(13)22-16/h3-8,10H,2,9H2,1H3,(H,21,22). The van der Waals surface area contributed by atoms with E-state index in [1.807, 2.05) is 25.1 Å². The van der Waals surface area contributed by atoms with Crippen molar-refractivity contribution in [1.29, 1.82) is 0 Å². The number of aromatic amines is 1. The van der Waals surface area contributed by atoms with Gasteiger partial charge in [0.05, 0.1) is 28.8 Å². The number of ether oxygens (including phenoxy) is 1. The number of H-pyrrole nitrogens is 1. The van der Waals surface area contributed by atoms with Crippen LogP contribution in [0.15, 0.2) is 42.5 Å². The Labute approximate surface area is 131 Å². The zero-order valence-corrected chi connectivity index (χ0v) is 12.4. The molecule has 0 radical (unpaired) electrons. The maximum atomic E-state index is 13.0. The van der Waals surface area contributed by atoms with Crippen molar-refractivity contribution in [1.82, 2.24) is 9.97 Å². The summed E-state index contributed by atoms with van der Waals surface area (Å²) < 4.78 is 44.6. The lowest BCUT2D eigenvalue weighted by molar-refractivity contribution is -0.137. The van der Waals surface area contributed by atoms with Crippen LogP contribution < -0.4 is 4.74 Å². The number of nitrogens with one attached hydrogen (secondary N) is 1. The van der Waals surface area contributed by atoms with Crippen molar-refractivity contribution in [2.24, 2.45) is 0 Å². The molecule has 1 aromatic heterocycles. The van der Waals surface area contributed by atoms with E-state index in [0.29, 0.717) is 29.3 Å². The Morgan fingerprint density at radius 2 is 1.91 bits per heavy atom. The molecule has 0 aliphatic rings. The first-order chi connectivity index (χ1) is 11.0. The molecule has 0 spiro atoms. The Balaban J connectivity index is 2.13. The number of halogens is 3. The number of imidazole rings is 1. The quantitative estimate of drug-likeness (QED) is 0.731. The molecule has 2 aromatic carbocycles. The fourth-order valence-electron chi connectivity index (χ4n) is 2.31. The first-order valence-corrected chi connectivity index (χ1v) is 7.28. The molecular weight excluding hydrogens is 305 g/mol. The maximum absolute atomic E-state index is 13.0. The van der Waals surface area contributed by atoms with E-state index in [1.54, 1.807) is 6.07 Å². The van der Waals surface area contributed by atoms with Crippen LogP contribution in [0.5, 0.6) is 5.75 Å². The van der Waals surface area contributed by atoms with Crippen molar-refractivity contribution < 1.29 is 17.9 Å². The topological polar surface area (TPSA) is 37.9 Å². The Kier molecular flexibility index (Phi) is 3.98. The van der Waals surface area contributed by atoms with E-state index >= 15 is 0 Å². The molecule has 3 rings (SSSR count). The average Bonchev–Trinajstić information content (AvgIpc) is 2.95. The summed E-state index contributed by atoms with van der Waals surface area (Å²) in [7, 11) is 0. The minimum Gasteiger partial charge on any atom is -0.493 e. The van der Waals surface area contributed by atoms with E-state index in [1.165, 1.54) is 6.07 Å². The summed E-state index contributed by atoms with van der Waals surface area (Å²) in [5.74, 6) is 0.752. The van der Waals surface area contributed by atoms with Crippen LogP contribution in [0, 0.1) is 0 Å². The molecule has 0 saturated heterocycles. The summed E-state index contributed by atoms with van der Waals surface area (Å²) in [6.07, 6.45) is -3.65. The molecular formula is C17H15F3N2O. The van der Waals surface area contributed by atoms with Crippen molar-refractivity contribution in [2.75, 3.05) is 6.61 Å². The van der Waals surface area contributed by atoms with Crippen molar-refractivity contribution in [3.8, 4) is 17.1 Å². The number of para-hydroxylation sites is 2. The lowest BCUT2D eigenvalue weighted by atomic mass is 10.1. The van der Waals surface area contributed by atoms with Gasteiger partial charge < -0.3 is 9.72 Å². The van der Waals surface area contributed by atoms with E-state index < -0.39 is 11.7 Å². The van der Waals surface area contributed by atoms with Gasteiger partial charge in [-0.25, -0.2) is 4.98 Å². The molecule has 0 aliphatic carbocycles. The maximum Gasteiger partial charge on any atom is 0.416 e. The summed E-state index contributed by atoms with van der Waals surface area (Å²) in [5.41, 5.74) is 1.05. The van der Waals surface area contributed by atoms with Gasteiger partial charge in [0.15, 0.2) is 0 Å². The minimum atomic E-state index is -4.41. The highest BCUT2D eigenvalue weighted by Crippen LogP contribution is 2.36. The van der Waals surface area contributed by atoms with Crippen LogP contribution in [-0.4, -0.2) is 16.6 Å². The van der Waals surface area contributed by atoms with Gasteiger partial charge in [-0.15, -0.1) is 0 Å². The van der Waals surface area contributed by atoms with Gasteiger partial charge in [0.2, 0.25) is 0 Å². The molecule has 0 fully saturated rings. The number of hydrogen-bond donors (Lipinski definition) is 1. The third-order valence-corrected chi connectivity index (χ3v) is 3.41. The highest BCUT2D eigenvalue weighted by atomic mass is 19.4. The van der Waals surface area contributed by atoms with Gasteiger partial charge in [-0.2, -0.15) is 13.2 Å². The molecule has 0 saturated carbocycles. The van der Waals surface area contributed by atoms with Crippen molar-refractivity contribution in [3.63, 3.8) is 0 Å². The average molecular weight is 320 g/mol. The third kappa shape index (κ3) is 3.16. The Bertz CT molecular complexity index is 791. The van der Waals surface area contributed by atoms with Crippen LogP contribution in [0.4, 0.5) is 13.2 Å². The van der Waals surface area contributed by atoms with E-state index in [2.05, 4.69) is 9.97 Å². The number of hydrogen-bond acceptors (Lipinski definition) is 2. The number of benzene rings is 2. The minimum absolute atomic E-state index is 0.310. The van der Waals surface area contributed by atoms with E-state index in [-0.39, 0.29) is 0 Å². The van der Waals surface area contributed by atoms with Gasteiger partial charge in [-0.1, -0.05) is 19.1 Å². The summed E-state index contributed by atoms with van der Waals surface area (Å²) in [5, 5.41) is 0. The summed E-state index contributed by atoms with van der Waals surface area (Å²) in [6, 6.07) is 10.7. The molecule has 23 heavy (non-hydrogen) atoms. The Morgan fingerprint density at radius 1 is 1.13 bits per heavy atom. The van der Waals surface area contributed by atoms with Gasteiger partial charge >= 0.3 is 6.18 Å². The lowest BCUT2D eigenvalue weighted by Gasteiger charge is -2.13. The fourth-order valence-corrected chi connectivity index (χ4v) is 2.31. The van der Waals surface area contributed by atoms with Gasteiger partial charge in [0.1, 0.15) is 11.6 Å². The van der Waals surface area contributed by atoms with E-state index in [0.717, 1.165) is 24.1 Å². The zero-order valence-electron chi connectivity index (χ0n) is 12.4. The van der Waals surface area contributed by atoms with Crippen molar-refractivity contribution in [3.05, 3.63) is 48.0 Å². The predicted octanol–water partition coefficient (Wildman–Crippen LogP) is 5.04. The Hall–Kier alpha value is -2.50. The van der Waals surface area contributed by atoms with Crippen LogP contribution in [-0.2, 0) is 6.18 Å². The first-order valence-electron chi connectivity index (χ1n) is 7.28. The summed E-state index contributed by atoms with van der Waals surface area (Å²) in [4.78, 5) is 7.42. The highest BCUT2D eigenvalue weighted by Gasteiger charge is 2.31. The lowest BCUT2D eigenvalue weighted by Crippen LogP contribution is -2.06. The molecule has 0 aliphatic heterocycles. The van der Waals surface area contributed by atoms with E-state index in [9.17, 15) is 13.2 Å². The van der Waals surface area contributed by atoms with Gasteiger partial charge in [-0.05, 0) is 36.8 Å². The normalized spacial score (nSPS) is 11.8. The largest absolute Gasteiger partial charge is 0.493 e. The second-order valence-corrected chi connectivity index (χ2v) is 5.16. The van der Waals surface area contributed by atoms with Crippen LogP contribution in [0.1, 0.15) is 18.9 Å². The molecule has 0 amide bonds. The monoisotopic (exact) mass is 320 g/mol. The van der Waals surface area contributed by atoms with Gasteiger partial charge in [0, 0.05) is 0 Å². The number of aromatic nitrogens is 2. The number of alkyl halides is 3. The predicted molar refractivity (Wildman–Crippen MR) is 82.3 cm³/mol. The van der Waals surface area contributed by atoms with Crippen molar-refractivity contribution >= 4 is 11.0 Å². The van der Waals surface area contributed by atoms with Crippen LogP contribution in [0.2, 0.25) is 0 Å². The number of nitrogens with zero attached hydrogens (tertiary/aromatic N) is 1. The highest BCUT2D eigenvalue weighted by molar-refractivity contribution is 5.80. The van der Waals surface area contributed by atoms with E-state index in [4.69, 9.17) is 4.74 Å². The zero-order chi connectivity index (χ0) is 16.4. The van der Waals surface area contributed by atoms with Crippen molar-refractivity contribution in [2.45, 2.75) is 19.5 Å². The molecule has 0 atom stereocenters. The van der Waals surface area contributed by atoms with Gasteiger partial charge in [-0.3, -0.25) is 0 Å². The van der Waals surface area contributed by atoms with Crippen LogP contribution in [0.25, 0.3) is 22.4 Å². The smallest absolute Gasteiger partial charge is 0.416 e. The first kappa shape index (κ1) is 15.4. The van der Waals surface area contributed by atoms with Crippen LogP contribution >= 0.6 is 0 Å². The molecule has 6 heteroatoms. The summed E-state index contributed by atoms with van der Waals surface area (Å²) in [6.45, 7) is 2.36.